The maximum atomic E-state index is 4.52. The van der Waals surface area contributed by atoms with E-state index in [1.807, 2.05) is 26.2 Å². The second kappa shape index (κ2) is 5.07. The fourth-order valence-corrected chi connectivity index (χ4v) is 2.98. The molecule has 2 aromatic heterocycles. The van der Waals surface area contributed by atoms with E-state index in [9.17, 15) is 0 Å². The number of nitrogens with zero attached hydrogens (tertiary/aromatic N) is 2. The van der Waals surface area contributed by atoms with Crippen molar-refractivity contribution in [1.29, 1.82) is 0 Å². The lowest BCUT2D eigenvalue weighted by Gasteiger charge is -2.01. The predicted molar refractivity (Wildman–Crippen MR) is 80.4 cm³/mol. The van der Waals surface area contributed by atoms with Crippen LogP contribution in [0.5, 0.6) is 0 Å². The predicted octanol–water partition coefficient (Wildman–Crippen LogP) is 3.39. The summed E-state index contributed by atoms with van der Waals surface area (Å²) >= 11 is 1.73. The molecule has 0 aliphatic heterocycles. The van der Waals surface area contributed by atoms with Gasteiger partial charge in [-0.25, -0.2) is 4.98 Å². The Kier molecular flexibility index (Phi) is 3.27. The van der Waals surface area contributed by atoms with Crippen LogP contribution in [0.25, 0.3) is 21.5 Å². The molecular weight excluding hydrogens is 254 g/mol. The van der Waals surface area contributed by atoms with Gasteiger partial charge in [0, 0.05) is 34.3 Å². The number of nitrogens with one attached hydrogen (secondary N) is 1. The Labute approximate surface area is 116 Å². The van der Waals surface area contributed by atoms with Crippen LogP contribution >= 0.6 is 11.3 Å². The molecule has 1 N–H and O–H groups in total. The topological polar surface area (TPSA) is 37.8 Å². The van der Waals surface area contributed by atoms with Gasteiger partial charge >= 0.3 is 0 Å². The number of thiazole rings is 1. The third kappa shape index (κ3) is 2.50. The van der Waals surface area contributed by atoms with Crippen LogP contribution in [0.15, 0.2) is 36.5 Å². The van der Waals surface area contributed by atoms with Crippen molar-refractivity contribution in [3.63, 3.8) is 0 Å². The molecule has 0 aliphatic rings. The van der Waals surface area contributed by atoms with Gasteiger partial charge in [0.2, 0.25) is 0 Å². The minimum absolute atomic E-state index is 0.867. The molecule has 0 radical (unpaired) electrons. The van der Waals surface area contributed by atoms with Crippen LogP contribution in [0.1, 0.15) is 10.6 Å². The maximum absolute atomic E-state index is 4.52. The van der Waals surface area contributed by atoms with Crippen molar-refractivity contribution in [2.45, 2.75) is 13.5 Å². The zero-order valence-electron chi connectivity index (χ0n) is 11.0. The number of pyridine rings is 1. The number of aryl methyl sites for hydroxylation is 1. The summed E-state index contributed by atoms with van der Waals surface area (Å²) in [6.07, 6.45) is 1.94. The Morgan fingerprint density at radius 3 is 2.95 bits per heavy atom. The first-order valence-electron chi connectivity index (χ1n) is 6.23. The molecule has 0 bridgehead atoms. The van der Waals surface area contributed by atoms with E-state index in [-0.39, 0.29) is 0 Å². The van der Waals surface area contributed by atoms with E-state index >= 15 is 0 Å². The first-order chi connectivity index (χ1) is 9.26. The van der Waals surface area contributed by atoms with Crippen molar-refractivity contribution >= 4 is 22.2 Å². The van der Waals surface area contributed by atoms with Gasteiger partial charge in [0.25, 0.3) is 0 Å². The highest BCUT2D eigenvalue weighted by molar-refractivity contribution is 7.15. The molecule has 0 fully saturated rings. The Morgan fingerprint density at radius 2 is 2.11 bits per heavy atom. The van der Waals surface area contributed by atoms with Gasteiger partial charge in [0.05, 0.1) is 5.52 Å². The highest BCUT2D eigenvalue weighted by Crippen LogP contribution is 2.27. The van der Waals surface area contributed by atoms with E-state index < -0.39 is 0 Å². The second-order valence-corrected chi connectivity index (χ2v) is 5.64. The van der Waals surface area contributed by atoms with Crippen LogP contribution in [-0.2, 0) is 6.54 Å². The molecule has 96 valence electrons. The molecule has 3 rings (SSSR count). The lowest BCUT2D eigenvalue weighted by Crippen LogP contribution is -2.02. The average molecular weight is 269 g/mol. The van der Waals surface area contributed by atoms with Crippen molar-refractivity contribution in [2.75, 3.05) is 7.05 Å². The summed E-state index contributed by atoms with van der Waals surface area (Å²) in [5, 5.41) is 5.37. The van der Waals surface area contributed by atoms with E-state index in [0.29, 0.717) is 0 Å². The molecule has 0 unspecified atom stereocenters. The van der Waals surface area contributed by atoms with Crippen LogP contribution in [0.4, 0.5) is 0 Å². The average Bonchev–Trinajstić information content (AvgIpc) is 2.87. The number of rotatable bonds is 3. The number of aromatic nitrogens is 2. The molecule has 0 amide bonds. The third-order valence-corrected chi connectivity index (χ3v) is 4.03. The molecule has 0 aliphatic carbocycles. The largest absolute Gasteiger partial charge is 0.315 e. The summed E-state index contributed by atoms with van der Waals surface area (Å²) in [6, 6.07) is 10.5. The molecular formula is C15H15N3S. The first kappa shape index (κ1) is 12.3. The van der Waals surface area contributed by atoms with Gasteiger partial charge in [0.1, 0.15) is 5.01 Å². The van der Waals surface area contributed by atoms with Crippen molar-refractivity contribution in [3.8, 4) is 10.6 Å². The molecule has 3 aromatic rings. The normalized spacial score (nSPS) is 11.1. The number of fused-ring (bicyclic) bond motifs is 1. The Balaban J connectivity index is 2.02. The van der Waals surface area contributed by atoms with Crippen molar-refractivity contribution in [2.24, 2.45) is 0 Å². The van der Waals surface area contributed by atoms with Crippen molar-refractivity contribution in [3.05, 3.63) is 47.1 Å². The zero-order chi connectivity index (χ0) is 13.2. The van der Waals surface area contributed by atoms with Crippen molar-refractivity contribution in [1.82, 2.24) is 15.3 Å². The van der Waals surface area contributed by atoms with Crippen LogP contribution in [0.2, 0.25) is 0 Å². The fraction of sp³-hybridized carbons (Fsp3) is 0.200. The lowest BCUT2D eigenvalue weighted by atomic mass is 10.1. The van der Waals surface area contributed by atoms with Gasteiger partial charge in [-0.2, -0.15) is 0 Å². The molecule has 0 atom stereocenters. The number of hydrogen-bond acceptors (Lipinski definition) is 4. The van der Waals surface area contributed by atoms with E-state index in [1.165, 1.54) is 4.88 Å². The van der Waals surface area contributed by atoms with Gasteiger partial charge in [-0.1, -0.05) is 6.07 Å². The molecule has 3 nitrogen and oxygen atoms in total. The minimum Gasteiger partial charge on any atom is -0.315 e. The molecule has 2 heterocycles. The van der Waals surface area contributed by atoms with Crippen LogP contribution in [-0.4, -0.2) is 17.0 Å². The summed E-state index contributed by atoms with van der Waals surface area (Å²) in [5.41, 5.74) is 3.24. The molecule has 19 heavy (non-hydrogen) atoms. The third-order valence-electron chi connectivity index (χ3n) is 2.98. The van der Waals surface area contributed by atoms with E-state index in [0.717, 1.165) is 33.7 Å². The van der Waals surface area contributed by atoms with Crippen molar-refractivity contribution < 1.29 is 0 Å². The quantitative estimate of drug-likeness (QED) is 0.792. The Hall–Kier alpha value is -1.78. The van der Waals surface area contributed by atoms with Gasteiger partial charge in [-0.15, -0.1) is 11.3 Å². The molecule has 4 heteroatoms. The van der Waals surface area contributed by atoms with E-state index in [2.05, 4.69) is 39.6 Å². The number of benzene rings is 1. The Bertz CT molecular complexity index is 718. The summed E-state index contributed by atoms with van der Waals surface area (Å²) in [5.74, 6) is 0. The standard InChI is InChI=1S/C15H15N3S/c1-10-3-4-11-7-12(5-6-14(11)18-10)15-17-9-13(19-15)8-16-2/h3-7,9,16H,8H2,1-2H3. The van der Waals surface area contributed by atoms with Gasteiger partial charge in [0.15, 0.2) is 0 Å². The molecule has 0 saturated carbocycles. The molecule has 1 aromatic carbocycles. The van der Waals surface area contributed by atoms with Crippen LogP contribution in [0.3, 0.4) is 0 Å². The van der Waals surface area contributed by atoms with Gasteiger partial charge in [-0.05, 0) is 38.2 Å². The summed E-state index contributed by atoms with van der Waals surface area (Å²) in [7, 11) is 1.95. The maximum Gasteiger partial charge on any atom is 0.123 e. The summed E-state index contributed by atoms with van der Waals surface area (Å²) in [6.45, 7) is 2.88. The van der Waals surface area contributed by atoms with Crippen LogP contribution < -0.4 is 5.32 Å². The van der Waals surface area contributed by atoms with E-state index in [1.54, 1.807) is 11.3 Å². The fourth-order valence-electron chi connectivity index (χ4n) is 2.06. The summed E-state index contributed by atoms with van der Waals surface area (Å²) in [4.78, 5) is 10.3. The van der Waals surface area contributed by atoms with Gasteiger partial charge < -0.3 is 5.32 Å². The van der Waals surface area contributed by atoms with Crippen LogP contribution in [0, 0.1) is 6.92 Å². The zero-order valence-corrected chi connectivity index (χ0v) is 11.8. The smallest absolute Gasteiger partial charge is 0.123 e. The highest BCUT2D eigenvalue weighted by Gasteiger charge is 2.05. The second-order valence-electron chi connectivity index (χ2n) is 4.52. The minimum atomic E-state index is 0.867. The van der Waals surface area contributed by atoms with E-state index in [4.69, 9.17) is 0 Å². The summed E-state index contributed by atoms with van der Waals surface area (Å²) < 4.78 is 0. The SMILES string of the molecule is CNCc1cnc(-c2ccc3nc(C)ccc3c2)s1. The first-order valence-corrected chi connectivity index (χ1v) is 7.05. The molecule has 0 saturated heterocycles. The number of hydrogen-bond donors (Lipinski definition) is 1. The monoisotopic (exact) mass is 269 g/mol. The van der Waals surface area contributed by atoms with Gasteiger partial charge in [-0.3, -0.25) is 4.98 Å². The highest BCUT2D eigenvalue weighted by atomic mass is 32.1. The lowest BCUT2D eigenvalue weighted by molar-refractivity contribution is 0.829. The Morgan fingerprint density at radius 1 is 1.21 bits per heavy atom. The molecule has 0 spiro atoms.